The topological polar surface area (TPSA) is 66.8 Å². The summed E-state index contributed by atoms with van der Waals surface area (Å²) in [6.07, 6.45) is 0.728. The standard InChI is InChI=1S/C14H19NO4/c1-11(14(17)18)15(2)13(16)10-19-9-8-12-6-4-3-5-7-12/h3-7,11H,8-10H2,1-2H3,(H,17,18). The molecule has 19 heavy (non-hydrogen) atoms. The van der Waals surface area contributed by atoms with Gasteiger partial charge in [0.2, 0.25) is 5.91 Å². The van der Waals surface area contributed by atoms with Crippen molar-refractivity contribution >= 4 is 11.9 Å². The highest BCUT2D eigenvalue weighted by Crippen LogP contribution is 2.01. The average molecular weight is 265 g/mol. The van der Waals surface area contributed by atoms with Crippen molar-refractivity contribution in [3.63, 3.8) is 0 Å². The molecular weight excluding hydrogens is 246 g/mol. The lowest BCUT2D eigenvalue weighted by Crippen LogP contribution is -2.42. The van der Waals surface area contributed by atoms with Gasteiger partial charge < -0.3 is 14.7 Å². The second-order valence-corrected chi connectivity index (χ2v) is 4.31. The zero-order chi connectivity index (χ0) is 14.3. The van der Waals surface area contributed by atoms with Crippen LogP contribution in [-0.4, -0.2) is 48.2 Å². The fourth-order valence-corrected chi connectivity index (χ4v) is 1.48. The quantitative estimate of drug-likeness (QED) is 0.752. The van der Waals surface area contributed by atoms with E-state index in [1.165, 1.54) is 18.9 Å². The Morgan fingerprint density at radius 1 is 1.32 bits per heavy atom. The fraction of sp³-hybridized carbons (Fsp3) is 0.429. The van der Waals surface area contributed by atoms with E-state index in [-0.39, 0.29) is 12.5 Å². The molecule has 0 bridgehead atoms. The minimum absolute atomic E-state index is 0.0963. The van der Waals surface area contributed by atoms with Crippen LogP contribution in [0.4, 0.5) is 0 Å². The summed E-state index contributed by atoms with van der Waals surface area (Å²) in [5.41, 5.74) is 1.14. The normalized spacial score (nSPS) is 11.9. The van der Waals surface area contributed by atoms with Gasteiger partial charge >= 0.3 is 5.97 Å². The molecule has 0 fully saturated rings. The first-order valence-electron chi connectivity index (χ1n) is 6.12. The number of amides is 1. The SMILES string of the molecule is CC(C(=O)O)N(C)C(=O)COCCc1ccccc1. The predicted molar refractivity (Wildman–Crippen MR) is 70.8 cm³/mol. The van der Waals surface area contributed by atoms with Crippen molar-refractivity contribution in [2.45, 2.75) is 19.4 Å². The Kier molecular flexibility index (Phi) is 6.02. The van der Waals surface area contributed by atoms with E-state index in [2.05, 4.69) is 0 Å². The lowest BCUT2D eigenvalue weighted by molar-refractivity contribution is -0.150. The van der Waals surface area contributed by atoms with Crippen molar-refractivity contribution in [3.8, 4) is 0 Å². The lowest BCUT2D eigenvalue weighted by Gasteiger charge is -2.21. The zero-order valence-electron chi connectivity index (χ0n) is 11.2. The molecule has 1 amide bonds. The Morgan fingerprint density at radius 2 is 1.95 bits per heavy atom. The fourth-order valence-electron chi connectivity index (χ4n) is 1.48. The molecule has 1 aromatic carbocycles. The van der Waals surface area contributed by atoms with Crippen LogP contribution in [0.15, 0.2) is 30.3 Å². The average Bonchev–Trinajstić information content (AvgIpc) is 2.42. The first-order chi connectivity index (χ1) is 9.02. The van der Waals surface area contributed by atoms with Crippen molar-refractivity contribution in [2.24, 2.45) is 0 Å². The van der Waals surface area contributed by atoms with Crippen LogP contribution in [0.1, 0.15) is 12.5 Å². The van der Waals surface area contributed by atoms with E-state index in [0.717, 1.165) is 12.0 Å². The zero-order valence-corrected chi connectivity index (χ0v) is 11.2. The van der Waals surface area contributed by atoms with E-state index >= 15 is 0 Å². The number of carboxylic acids is 1. The third-order valence-corrected chi connectivity index (χ3v) is 2.94. The van der Waals surface area contributed by atoms with Gasteiger partial charge in [-0.2, -0.15) is 0 Å². The Hall–Kier alpha value is -1.88. The van der Waals surface area contributed by atoms with Crippen LogP contribution < -0.4 is 0 Å². The Bertz CT molecular complexity index is 419. The molecule has 0 aliphatic heterocycles. The minimum Gasteiger partial charge on any atom is -0.480 e. The van der Waals surface area contributed by atoms with Crippen molar-refractivity contribution in [3.05, 3.63) is 35.9 Å². The van der Waals surface area contributed by atoms with E-state index < -0.39 is 12.0 Å². The van der Waals surface area contributed by atoms with Crippen molar-refractivity contribution in [2.75, 3.05) is 20.3 Å². The predicted octanol–water partition coefficient (Wildman–Crippen LogP) is 1.18. The summed E-state index contributed by atoms with van der Waals surface area (Å²) in [6, 6.07) is 8.97. The molecule has 0 saturated carbocycles. The van der Waals surface area contributed by atoms with Crippen molar-refractivity contribution < 1.29 is 19.4 Å². The van der Waals surface area contributed by atoms with Crippen molar-refractivity contribution in [1.82, 2.24) is 4.90 Å². The highest BCUT2D eigenvalue weighted by molar-refractivity contribution is 5.83. The molecule has 0 aliphatic rings. The molecule has 0 heterocycles. The molecule has 0 radical (unpaired) electrons. The van der Waals surface area contributed by atoms with Gasteiger partial charge in [-0.15, -0.1) is 0 Å². The summed E-state index contributed by atoms with van der Waals surface area (Å²) in [4.78, 5) is 23.5. The molecular formula is C14H19NO4. The summed E-state index contributed by atoms with van der Waals surface area (Å²) in [5.74, 6) is -1.36. The highest BCUT2D eigenvalue weighted by atomic mass is 16.5. The minimum atomic E-state index is -1.03. The molecule has 0 spiro atoms. The maximum absolute atomic E-state index is 11.6. The van der Waals surface area contributed by atoms with Crippen LogP contribution in [0.2, 0.25) is 0 Å². The van der Waals surface area contributed by atoms with E-state index in [4.69, 9.17) is 9.84 Å². The van der Waals surface area contributed by atoms with Gasteiger partial charge in [0, 0.05) is 7.05 Å². The van der Waals surface area contributed by atoms with Crippen LogP contribution in [0.25, 0.3) is 0 Å². The highest BCUT2D eigenvalue weighted by Gasteiger charge is 2.21. The van der Waals surface area contributed by atoms with Crippen LogP contribution in [-0.2, 0) is 20.7 Å². The Morgan fingerprint density at radius 3 is 2.53 bits per heavy atom. The van der Waals surface area contributed by atoms with Crippen LogP contribution >= 0.6 is 0 Å². The van der Waals surface area contributed by atoms with Gasteiger partial charge in [0.1, 0.15) is 12.6 Å². The number of nitrogens with zero attached hydrogens (tertiary/aromatic N) is 1. The first kappa shape index (κ1) is 15.2. The van der Waals surface area contributed by atoms with Gasteiger partial charge in [0.05, 0.1) is 6.61 Å². The number of carboxylic acid groups (broad SMARTS) is 1. The number of carbonyl (C=O) groups is 2. The van der Waals surface area contributed by atoms with E-state index in [1.54, 1.807) is 0 Å². The second-order valence-electron chi connectivity index (χ2n) is 4.31. The van der Waals surface area contributed by atoms with Gasteiger partial charge in [-0.25, -0.2) is 4.79 Å². The number of rotatable bonds is 7. The molecule has 1 rings (SSSR count). The van der Waals surface area contributed by atoms with Crippen LogP contribution in [0, 0.1) is 0 Å². The van der Waals surface area contributed by atoms with Gasteiger partial charge in [-0.1, -0.05) is 30.3 Å². The summed E-state index contributed by atoms with van der Waals surface area (Å²) >= 11 is 0. The molecule has 0 aromatic heterocycles. The first-order valence-corrected chi connectivity index (χ1v) is 6.12. The van der Waals surface area contributed by atoms with Gasteiger partial charge in [0.15, 0.2) is 0 Å². The van der Waals surface area contributed by atoms with Crippen LogP contribution in [0.5, 0.6) is 0 Å². The molecule has 1 unspecified atom stereocenters. The summed E-state index contributed by atoms with van der Waals surface area (Å²) in [5, 5.41) is 8.79. The third-order valence-electron chi connectivity index (χ3n) is 2.94. The Balaban J connectivity index is 2.26. The van der Waals surface area contributed by atoms with Gasteiger partial charge in [-0.3, -0.25) is 4.79 Å². The molecule has 0 saturated heterocycles. The molecule has 0 aliphatic carbocycles. The molecule has 5 heteroatoms. The molecule has 1 N–H and O–H groups in total. The van der Waals surface area contributed by atoms with E-state index in [0.29, 0.717) is 6.61 Å². The number of benzene rings is 1. The molecule has 5 nitrogen and oxygen atoms in total. The second kappa shape index (κ2) is 7.53. The molecule has 1 atom stereocenters. The number of likely N-dealkylation sites (N-methyl/N-ethyl adjacent to an activating group) is 1. The molecule has 1 aromatic rings. The smallest absolute Gasteiger partial charge is 0.326 e. The number of carbonyl (C=O) groups excluding carboxylic acids is 1. The monoisotopic (exact) mass is 265 g/mol. The maximum Gasteiger partial charge on any atom is 0.326 e. The number of aliphatic carboxylic acids is 1. The third kappa shape index (κ3) is 5.09. The van der Waals surface area contributed by atoms with Gasteiger partial charge in [-0.05, 0) is 18.9 Å². The van der Waals surface area contributed by atoms with E-state index in [1.807, 2.05) is 30.3 Å². The maximum atomic E-state index is 11.6. The van der Waals surface area contributed by atoms with Crippen LogP contribution in [0.3, 0.4) is 0 Å². The summed E-state index contributed by atoms with van der Waals surface area (Å²) < 4.78 is 5.27. The summed E-state index contributed by atoms with van der Waals surface area (Å²) in [7, 11) is 1.46. The number of hydrogen-bond acceptors (Lipinski definition) is 3. The Labute approximate surface area is 112 Å². The largest absolute Gasteiger partial charge is 0.480 e. The number of hydrogen-bond donors (Lipinski definition) is 1. The molecule has 104 valence electrons. The number of ether oxygens (including phenoxy) is 1. The summed E-state index contributed by atoms with van der Waals surface area (Å²) in [6.45, 7) is 1.80. The lowest BCUT2D eigenvalue weighted by atomic mass is 10.2. The van der Waals surface area contributed by atoms with Gasteiger partial charge in [0.25, 0.3) is 0 Å². The van der Waals surface area contributed by atoms with E-state index in [9.17, 15) is 9.59 Å². The van der Waals surface area contributed by atoms with Crippen molar-refractivity contribution in [1.29, 1.82) is 0 Å².